The number of fused-ring (bicyclic) bond motifs is 2. The van der Waals surface area contributed by atoms with Crippen molar-refractivity contribution in [3.8, 4) is 17.0 Å². The molecule has 0 saturated heterocycles. The zero-order valence-electron chi connectivity index (χ0n) is 16.1. The predicted octanol–water partition coefficient (Wildman–Crippen LogP) is 3.81. The smallest absolute Gasteiger partial charge is 0.259 e. The minimum atomic E-state index is -0.701. The highest BCUT2D eigenvalue weighted by atomic mass is 19.1. The third kappa shape index (κ3) is 3.14. The summed E-state index contributed by atoms with van der Waals surface area (Å²) in [5, 5.41) is 13.6. The van der Waals surface area contributed by atoms with E-state index in [1.165, 1.54) is 30.5 Å². The molecule has 10 heteroatoms. The molecule has 154 valence electrons. The molecule has 0 aliphatic rings. The molecule has 8 nitrogen and oxygen atoms in total. The molecule has 0 aliphatic heterocycles. The summed E-state index contributed by atoms with van der Waals surface area (Å²) in [5.74, 6) is -1.34. The summed E-state index contributed by atoms with van der Waals surface area (Å²) in [5.41, 5.74) is 1.30. The standard InChI is InChI=1S/C21H14F2N6O2/c1-31-11-6-7-17-14(9-24-29(17)10-11)18-16(23)8-13-19(25-18)27-28-20(13)26-21(30)12-4-2-3-5-15(12)22/h2-10H,1H3,(H2,25,26,27,28,30). The lowest BCUT2D eigenvalue weighted by atomic mass is 10.1. The van der Waals surface area contributed by atoms with Gasteiger partial charge in [0.15, 0.2) is 17.3 Å². The van der Waals surface area contributed by atoms with Gasteiger partial charge in [0, 0.05) is 5.56 Å². The molecule has 1 amide bonds. The summed E-state index contributed by atoms with van der Waals surface area (Å²) >= 11 is 0. The number of anilines is 1. The fourth-order valence-corrected chi connectivity index (χ4v) is 3.30. The van der Waals surface area contributed by atoms with Crippen molar-refractivity contribution in [2.75, 3.05) is 12.4 Å². The van der Waals surface area contributed by atoms with Gasteiger partial charge in [-0.3, -0.25) is 9.89 Å². The lowest BCUT2D eigenvalue weighted by Crippen LogP contribution is -2.14. The van der Waals surface area contributed by atoms with Gasteiger partial charge in [-0.05, 0) is 30.3 Å². The summed E-state index contributed by atoms with van der Waals surface area (Å²) in [7, 11) is 1.54. The second-order valence-corrected chi connectivity index (χ2v) is 6.68. The third-order valence-corrected chi connectivity index (χ3v) is 4.83. The highest BCUT2D eigenvalue weighted by Crippen LogP contribution is 2.30. The number of carbonyl (C=O) groups is 1. The molecule has 5 rings (SSSR count). The number of aromatic amines is 1. The van der Waals surface area contributed by atoms with Crippen LogP contribution in [0.1, 0.15) is 10.4 Å². The van der Waals surface area contributed by atoms with Gasteiger partial charge in [-0.25, -0.2) is 18.3 Å². The molecule has 0 fully saturated rings. The summed E-state index contributed by atoms with van der Waals surface area (Å²) in [6.45, 7) is 0. The molecule has 5 aromatic rings. The largest absolute Gasteiger partial charge is 0.495 e. The number of benzene rings is 1. The average molecular weight is 420 g/mol. The summed E-state index contributed by atoms with van der Waals surface area (Å²) in [6.07, 6.45) is 3.17. The molecule has 31 heavy (non-hydrogen) atoms. The number of ether oxygens (including phenoxy) is 1. The number of nitrogens with one attached hydrogen (secondary N) is 2. The summed E-state index contributed by atoms with van der Waals surface area (Å²) in [6, 6.07) is 10.2. The zero-order chi connectivity index (χ0) is 21.5. The van der Waals surface area contributed by atoms with Gasteiger partial charge in [0.1, 0.15) is 17.3 Å². The second kappa shape index (κ2) is 7.17. The monoisotopic (exact) mass is 420 g/mol. The Morgan fingerprint density at radius 1 is 1.16 bits per heavy atom. The number of carbonyl (C=O) groups excluding carboxylic acids is 1. The van der Waals surface area contributed by atoms with E-state index in [9.17, 15) is 13.6 Å². The molecule has 0 spiro atoms. The maximum atomic E-state index is 15.0. The molecule has 0 atom stereocenters. The van der Waals surface area contributed by atoms with Crippen LogP contribution in [0.5, 0.6) is 5.75 Å². The van der Waals surface area contributed by atoms with Crippen LogP contribution >= 0.6 is 0 Å². The molecule has 4 heterocycles. The van der Waals surface area contributed by atoms with Gasteiger partial charge < -0.3 is 10.1 Å². The van der Waals surface area contributed by atoms with Gasteiger partial charge in [0.05, 0.1) is 36.0 Å². The number of hydrogen-bond acceptors (Lipinski definition) is 5. The van der Waals surface area contributed by atoms with Gasteiger partial charge in [-0.2, -0.15) is 10.2 Å². The highest BCUT2D eigenvalue weighted by molar-refractivity contribution is 6.07. The Hall–Kier alpha value is -4.34. The second-order valence-electron chi connectivity index (χ2n) is 6.68. The van der Waals surface area contributed by atoms with Crippen LogP contribution in [0.15, 0.2) is 54.9 Å². The van der Waals surface area contributed by atoms with E-state index >= 15 is 0 Å². The lowest BCUT2D eigenvalue weighted by molar-refractivity contribution is 0.102. The van der Waals surface area contributed by atoms with Crippen LogP contribution in [0, 0.1) is 11.6 Å². The maximum Gasteiger partial charge on any atom is 0.259 e. The summed E-state index contributed by atoms with van der Waals surface area (Å²) in [4.78, 5) is 16.7. The Balaban J connectivity index is 1.53. The van der Waals surface area contributed by atoms with E-state index in [0.717, 1.165) is 0 Å². The lowest BCUT2D eigenvalue weighted by Gasteiger charge is -2.05. The molecule has 0 bridgehead atoms. The van der Waals surface area contributed by atoms with Crippen LogP contribution in [0.3, 0.4) is 0 Å². The molecule has 1 aromatic carbocycles. The van der Waals surface area contributed by atoms with E-state index in [-0.39, 0.29) is 28.1 Å². The number of rotatable bonds is 4. The number of H-pyrrole nitrogens is 1. The molecule has 2 N–H and O–H groups in total. The molecule has 0 saturated carbocycles. The Labute approximate surface area is 173 Å². The fourth-order valence-electron chi connectivity index (χ4n) is 3.30. The number of aromatic nitrogens is 5. The van der Waals surface area contributed by atoms with Crippen LogP contribution < -0.4 is 10.1 Å². The van der Waals surface area contributed by atoms with E-state index in [1.54, 1.807) is 36.0 Å². The van der Waals surface area contributed by atoms with Crippen molar-refractivity contribution in [3.05, 3.63) is 72.1 Å². The zero-order valence-corrected chi connectivity index (χ0v) is 16.1. The van der Waals surface area contributed by atoms with Gasteiger partial charge in [0.2, 0.25) is 0 Å². The van der Waals surface area contributed by atoms with Crippen molar-refractivity contribution in [1.29, 1.82) is 0 Å². The first kappa shape index (κ1) is 18.7. The number of amides is 1. The first-order chi connectivity index (χ1) is 15.0. The quantitative estimate of drug-likeness (QED) is 0.461. The minimum Gasteiger partial charge on any atom is -0.495 e. The maximum absolute atomic E-state index is 15.0. The minimum absolute atomic E-state index is 0.0470. The van der Waals surface area contributed by atoms with Crippen LogP contribution in [0.2, 0.25) is 0 Å². The molecule has 0 unspecified atom stereocenters. The van der Waals surface area contributed by atoms with Crippen LogP contribution in [0.25, 0.3) is 27.8 Å². The molecule has 0 radical (unpaired) electrons. The van der Waals surface area contributed by atoms with Crippen molar-refractivity contribution in [2.45, 2.75) is 0 Å². The number of halogens is 2. The topological polar surface area (TPSA) is 97.2 Å². The third-order valence-electron chi connectivity index (χ3n) is 4.83. The number of nitrogens with zero attached hydrogens (tertiary/aromatic N) is 4. The SMILES string of the molecule is COc1ccc2c(-c3nc4[nH]nc(NC(=O)c5ccccc5F)c4cc3F)cnn2c1. The Kier molecular flexibility index (Phi) is 4.32. The first-order valence-electron chi connectivity index (χ1n) is 9.17. The van der Waals surface area contributed by atoms with E-state index in [2.05, 4.69) is 25.6 Å². The number of hydrogen-bond donors (Lipinski definition) is 2. The van der Waals surface area contributed by atoms with Crippen molar-refractivity contribution < 1.29 is 18.3 Å². The first-order valence-corrected chi connectivity index (χ1v) is 9.17. The van der Waals surface area contributed by atoms with Crippen molar-refractivity contribution in [1.82, 2.24) is 24.8 Å². The average Bonchev–Trinajstić information content (AvgIpc) is 3.36. The van der Waals surface area contributed by atoms with E-state index < -0.39 is 17.5 Å². The van der Waals surface area contributed by atoms with Gasteiger partial charge in [0.25, 0.3) is 5.91 Å². The van der Waals surface area contributed by atoms with Crippen LogP contribution in [0.4, 0.5) is 14.6 Å². The number of methoxy groups -OCH3 is 1. The Morgan fingerprint density at radius 2 is 2.00 bits per heavy atom. The molecule has 0 aliphatic carbocycles. The van der Waals surface area contributed by atoms with E-state index in [0.29, 0.717) is 16.8 Å². The Morgan fingerprint density at radius 3 is 2.81 bits per heavy atom. The summed E-state index contributed by atoms with van der Waals surface area (Å²) < 4.78 is 35.6. The van der Waals surface area contributed by atoms with Crippen molar-refractivity contribution >= 4 is 28.3 Å². The van der Waals surface area contributed by atoms with Gasteiger partial charge in [-0.1, -0.05) is 12.1 Å². The fraction of sp³-hybridized carbons (Fsp3) is 0.0476. The molecular weight excluding hydrogens is 406 g/mol. The molecular formula is C21H14F2N6O2. The molecule has 4 aromatic heterocycles. The Bertz CT molecular complexity index is 1460. The predicted molar refractivity (Wildman–Crippen MR) is 109 cm³/mol. The van der Waals surface area contributed by atoms with E-state index in [1.807, 2.05) is 0 Å². The van der Waals surface area contributed by atoms with E-state index in [4.69, 9.17) is 4.74 Å². The van der Waals surface area contributed by atoms with Gasteiger partial charge in [-0.15, -0.1) is 0 Å². The van der Waals surface area contributed by atoms with Crippen LogP contribution in [-0.4, -0.2) is 37.8 Å². The normalized spacial score (nSPS) is 11.2. The van der Waals surface area contributed by atoms with Crippen molar-refractivity contribution in [3.63, 3.8) is 0 Å². The number of pyridine rings is 2. The van der Waals surface area contributed by atoms with Gasteiger partial charge >= 0.3 is 0 Å². The van der Waals surface area contributed by atoms with Crippen molar-refractivity contribution in [2.24, 2.45) is 0 Å². The highest BCUT2D eigenvalue weighted by Gasteiger charge is 2.19. The van der Waals surface area contributed by atoms with Crippen LogP contribution in [-0.2, 0) is 0 Å².